The zero-order valence-corrected chi connectivity index (χ0v) is 9.39. The van der Waals surface area contributed by atoms with Gasteiger partial charge >= 0.3 is 0 Å². The lowest BCUT2D eigenvalue weighted by Gasteiger charge is -2.03. The maximum atomic E-state index is 11.5. The van der Waals surface area contributed by atoms with E-state index in [0.29, 0.717) is 0 Å². The van der Waals surface area contributed by atoms with Crippen LogP contribution in [0, 0.1) is 21.4 Å². The number of benzene rings is 1. The van der Waals surface area contributed by atoms with Gasteiger partial charge in [-0.25, -0.2) is 0 Å². The lowest BCUT2D eigenvalue weighted by atomic mass is 10.0. The molecule has 0 heterocycles. The highest BCUT2D eigenvalue weighted by Gasteiger charge is 2.25. The Kier molecular flexibility index (Phi) is 3.58. The number of hydrogen-bond donors (Lipinski definition) is 1. The van der Waals surface area contributed by atoms with E-state index in [1.165, 1.54) is 0 Å². The first kappa shape index (κ1) is 12.1. The molecule has 0 amide bonds. The molecule has 1 aromatic carbocycles. The van der Waals surface area contributed by atoms with E-state index in [2.05, 4.69) is 15.9 Å². The summed E-state index contributed by atoms with van der Waals surface area (Å²) in [5.74, 6) is -1.07. The number of phenolic OH excluding ortho intramolecular Hbond substituents is 1. The van der Waals surface area contributed by atoms with Gasteiger partial charge in [-0.15, -0.1) is 0 Å². The van der Waals surface area contributed by atoms with Crippen molar-refractivity contribution in [2.45, 2.75) is 0 Å². The van der Waals surface area contributed by atoms with Gasteiger partial charge in [-0.05, 0) is 6.07 Å². The molecular formula is C9H5BrN2O4. The Labute approximate surface area is 98.4 Å². The van der Waals surface area contributed by atoms with Gasteiger partial charge < -0.3 is 5.11 Å². The molecule has 0 aliphatic carbocycles. The molecule has 0 atom stereocenters. The van der Waals surface area contributed by atoms with Crippen molar-refractivity contribution in [2.24, 2.45) is 0 Å². The number of halogens is 1. The molecule has 0 spiro atoms. The summed E-state index contributed by atoms with van der Waals surface area (Å²) < 4.78 is 0. The van der Waals surface area contributed by atoms with Crippen molar-refractivity contribution in [2.75, 3.05) is 5.33 Å². The molecule has 0 unspecified atom stereocenters. The predicted molar refractivity (Wildman–Crippen MR) is 57.6 cm³/mol. The largest absolute Gasteiger partial charge is 0.507 e. The van der Waals surface area contributed by atoms with Crippen LogP contribution in [0.5, 0.6) is 5.75 Å². The fourth-order valence-corrected chi connectivity index (χ4v) is 1.48. The zero-order chi connectivity index (χ0) is 12.3. The summed E-state index contributed by atoms with van der Waals surface area (Å²) in [6.45, 7) is 0. The quantitative estimate of drug-likeness (QED) is 0.394. The third-order valence-corrected chi connectivity index (χ3v) is 2.38. The molecule has 0 radical (unpaired) electrons. The minimum Gasteiger partial charge on any atom is -0.507 e. The zero-order valence-electron chi connectivity index (χ0n) is 7.81. The van der Waals surface area contributed by atoms with Crippen LogP contribution >= 0.6 is 15.9 Å². The van der Waals surface area contributed by atoms with Crippen LogP contribution < -0.4 is 0 Å². The Morgan fingerprint density at radius 3 is 2.69 bits per heavy atom. The summed E-state index contributed by atoms with van der Waals surface area (Å²) >= 11 is 2.86. The number of carbonyl (C=O) groups excluding carboxylic acids is 1. The molecular weight excluding hydrogens is 280 g/mol. The number of aromatic hydroxyl groups is 1. The Balaban J connectivity index is 3.62. The highest BCUT2D eigenvalue weighted by Crippen LogP contribution is 2.29. The van der Waals surface area contributed by atoms with Crippen molar-refractivity contribution < 1.29 is 14.8 Å². The average molecular weight is 285 g/mol. The fraction of sp³-hybridized carbons (Fsp3) is 0.111. The van der Waals surface area contributed by atoms with Gasteiger partial charge in [0.15, 0.2) is 5.78 Å². The second-order valence-electron chi connectivity index (χ2n) is 2.78. The van der Waals surface area contributed by atoms with Crippen molar-refractivity contribution in [3.05, 3.63) is 33.4 Å². The number of nitro benzene ring substituents is 1. The van der Waals surface area contributed by atoms with Crippen LogP contribution in [0.15, 0.2) is 12.1 Å². The van der Waals surface area contributed by atoms with Crippen LogP contribution in [0.4, 0.5) is 5.69 Å². The van der Waals surface area contributed by atoms with E-state index in [1.54, 1.807) is 6.07 Å². The Hall–Kier alpha value is -1.94. The van der Waals surface area contributed by atoms with Gasteiger partial charge in [0.2, 0.25) is 0 Å². The number of nitrogens with zero attached hydrogens (tertiary/aromatic N) is 2. The Morgan fingerprint density at radius 2 is 2.25 bits per heavy atom. The van der Waals surface area contributed by atoms with Crippen molar-refractivity contribution in [1.82, 2.24) is 0 Å². The van der Waals surface area contributed by atoms with E-state index in [1.807, 2.05) is 0 Å². The average Bonchev–Trinajstić information content (AvgIpc) is 2.27. The SMILES string of the molecule is N#Cc1c(O)ccc([N+](=O)[O-])c1C(=O)CBr. The van der Waals surface area contributed by atoms with Crippen LogP contribution in [0.2, 0.25) is 0 Å². The number of nitriles is 1. The summed E-state index contributed by atoms with van der Waals surface area (Å²) in [6.07, 6.45) is 0. The molecule has 82 valence electrons. The van der Waals surface area contributed by atoms with Gasteiger partial charge in [0.25, 0.3) is 5.69 Å². The highest BCUT2D eigenvalue weighted by atomic mass is 79.9. The molecule has 16 heavy (non-hydrogen) atoms. The van der Waals surface area contributed by atoms with Crippen molar-refractivity contribution in [1.29, 1.82) is 5.26 Å². The normalized spacial score (nSPS) is 9.50. The molecule has 0 aromatic heterocycles. The smallest absolute Gasteiger partial charge is 0.281 e. The van der Waals surface area contributed by atoms with Crippen LogP contribution in [-0.2, 0) is 0 Å². The molecule has 7 heteroatoms. The summed E-state index contributed by atoms with van der Waals surface area (Å²) in [7, 11) is 0. The topological polar surface area (TPSA) is 104 Å². The van der Waals surface area contributed by atoms with E-state index in [0.717, 1.165) is 12.1 Å². The minimum atomic E-state index is -0.768. The van der Waals surface area contributed by atoms with Crippen LogP contribution in [-0.4, -0.2) is 21.1 Å². The number of alkyl halides is 1. The molecule has 0 saturated carbocycles. The summed E-state index contributed by atoms with van der Waals surface area (Å²) in [5, 5.41) is 28.6. The molecule has 1 rings (SSSR count). The number of ketones is 1. The predicted octanol–water partition coefficient (Wildman–Crippen LogP) is 1.75. The van der Waals surface area contributed by atoms with E-state index in [-0.39, 0.29) is 16.5 Å². The van der Waals surface area contributed by atoms with Gasteiger partial charge in [-0.1, -0.05) is 15.9 Å². The molecule has 0 bridgehead atoms. The van der Waals surface area contributed by atoms with E-state index < -0.39 is 22.1 Å². The van der Waals surface area contributed by atoms with E-state index in [4.69, 9.17) is 5.26 Å². The number of rotatable bonds is 3. The first-order valence-electron chi connectivity index (χ1n) is 4.02. The second kappa shape index (κ2) is 4.72. The van der Waals surface area contributed by atoms with Gasteiger partial charge in [0, 0.05) is 6.07 Å². The van der Waals surface area contributed by atoms with Gasteiger partial charge in [0.05, 0.1) is 10.3 Å². The minimum absolute atomic E-state index is 0.161. The molecule has 1 N–H and O–H groups in total. The van der Waals surface area contributed by atoms with Crippen LogP contribution in [0.3, 0.4) is 0 Å². The number of phenols is 1. The molecule has 0 aliphatic heterocycles. The van der Waals surface area contributed by atoms with Crippen molar-refractivity contribution in [3.63, 3.8) is 0 Å². The molecule has 6 nitrogen and oxygen atoms in total. The first-order chi connectivity index (χ1) is 7.52. The van der Waals surface area contributed by atoms with Gasteiger partial charge in [-0.3, -0.25) is 14.9 Å². The maximum absolute atomic E-state index is 11.5. The summed E-state index contributed by atoms with van der Waals surface area (Å²) in [6, 6.07) is 3.59. The highest BCUT2D eigenvalue weighted by molar-refractivity contribution is 9.09. The monoisotopic (exact) mass is 284 g/mol. The first-order valence-corrected chi connectivity index (χ1v) is 5.14. The van der Waals surface area contributed by atoms with Crippen LogP contribution in [0.25, 0.3) is 0 Å². The summed E-state index contributed by atoms with van der Waals surface area (Å²) in [4.78, 5) is 21.4. The van der Waals surface area contributed by atoms with Crippen molar-refractivity contribution >= 4 is 27.4 Å². The van der Waals surface area contributed by atoms with Gasteiger partial charge in [0.1, 0.15) is 22.9 Å². The van der Waals surface area contributed by atoms with Gasteiger partial charge in [-0.2, -0.15) is 5.26 Å². The third-order valence-electron chi connectivity index (χ3n) is 1.87. The Morgan fingerprint density at radius 1 is 1.62 bits per heavy atom. The number of carbonyl (C=O) groups is 1. The number of nitro groups is 1. The van der Waals surface area contributed by atoms with E-state index in [9.17, 15) is 20.0 Å². The Bertz CT molecular complexity index is 507. The second-order valence-corrected chi connectivity index (χ2v) is 3.34. The lowest BCUT2D eigenvalue weighted by Crippen LogP contribution is -2.07. The molecule has 0 saturated heterocycles. The standard InChI is InChI=1S/C9H5BrN2O4/c10-3-8(14)9-5(4-11)7(13)2-1-6(9)12(15)16/h1-2,13H,3H2. The number of Topliss-reactive ketones (excluding diaryl/α,β-unsaturated/α-hetero) is 1. The summed E-state index contributed by atoms with van der Waals surface area (Å²) in [5.41, 5.74) is -1.23. The third kappa shape index (κ3) is 2.01. The molecule has 0 fully saturated rings. The van der Waals surface area contributed by atoms with Crippen molar-refractivity contribution in [3.8, 4) is 11.8 Å². The fourth-order valence-electron chi connectivity index (χ4n) is 1.20. The number of hydrogen-bond acceptors (Lipinski definition) is 5. The molecule has 0 aliphatic rings. The maximum Gasteiger partial charge on any atom is 0.281 e. The van der Waals surface area contributed by atoms with Crippen LogP contribution in [0.1, 0.15) is 15.9 Å². The lowest BCUT2D eigenvalue weighted by molar-refractivity contribution is -0.385. The molecule has 1 aromatic rings. The van der Waals surface area contributed by atoms with E-state index >= 15 is 0 Å².